The summed E-state index contributed by atoms with van der Waals surface area (Å²) >= 11 is 0. The highest BCUT2D eigenvalue weighted by Crippen LogP contribution is 2.30. The van der Waals surface area contributed by atoms with Crippen LogP contribution in [0.25, 0.3) is 22.3 Å². The van der Waals surface area contributed by atoms with E-state index in [1.165, 1.54) is 11.3 Å². The largest absolute Gasteiger partial charge is 0.384 e. The van der Waals surface area contributed by atoms with Gasteiger partial charge in [0, 0.05) is 29.4 Å². The van der Waals surface area contributed by atoms with Crippen molar-refractivity contribution in [2.75, 3.05) is 11.9 Å². The van der Waals surface area contributed by atoms with Gasteiger partial charge in [0.05, 0.1) is 0 Å². The Morgan fingerprint density at radius 3 is 3.17 bits per heavy atom. The third-order valence-corrected chi connectivity index (χ3v) is 3.43. The van der Waals surface area contributed by atoms with E-state index in [0.29, 0.717) is 0 Å². The van der Waals surface area contributed by atoms with E-state index < -0.39 is 0 Å². The summed E-state index contributed by atoms with van der Waals surface area (Å²) in [5.74, 6) is 0. The van der Waals surface area contributed by atoms with Crippen molar-refractivity contribution in [3.05, 3.63) is 42.1 Å². The van der Waals surface area contributed by atoms with Crippen molar-refractivity contribution in [2.45, 2.75) is 6.42 Å². The van der Waals surface area contributed by atoms with Crippen molar-refractivity contribution < 1.29 is 0 Å². The van der Waals surface area contributed by atoms with Crippen molar-refractivity contribution in [3.8, 4) is 11.3 Å². The molecule has 4 heteroatoms. The van der Waals surface area contributed by atoms with Crippen LogP contribution in [-0.2, 0) is 6.42 Å². The van der Waals surface area contributed by atoms with Crippen molar-refractivity contribution >= 4 is 16.7 Å². The molecule has 1 aliphatic heterocycles. The fraction of sp³-hybridized carbons (Fsp3) is 0.143. The number of nitrogens with zero attached hydrogens (tertiary/aromatic N) is 2. The first-order valence-corrected chi connectivity index (χ1v) is 6.08. The van der Waals surface area contributed by atoms with E-state index in [-0.39, 0.29) is 0 Å². The summed E-state index contributed by atoms with van der Waals surface area (Å²) < 4.78 is 0. The molecule has 0 atom stereocenters. The molecule has 0 aliphatic carbocycles. The Balaban J connectivity index is 1.92. The molecule has 0 amide bonds. The maximum absolute atomic E-state index is 4.38. The second kappa shape index (κ2) is 3.57. The molecule has 0 spiro atoms. The molecule has 0 unspecified atom stereocenters. The van der Waals surface area contributed by atoms with Crippen LogP contribution in [0, 0.1) is 0 Å². The molecule has 3 aromatic rings. The minimum Gasteiger partial charge on any atom is -0.384 e. The predicted molar refractivity (Wildman–Crippen MR) is 71.5 cm³/mol. The lowest BCUT2D eigenvalue weighted by atomic mass is 10.1. The third-order valence-electron chi connectivity index (χ3n) is 3.43. The van der Waals surface area contributed by atoms with Crippen LogP contribution in [0.2, 0.25) is 0 Å². The summed E-state index contributed by atoms with van der Waals surface area (Å²) in [5, 5.41) is 11.8. The number of pyridine rings is 1. The first-order valence-electron chi connectivity index (χ1n) is 6.08. The zero-order chi connectivity index (χ0) is 11.9. The molecule has 0 fully saturated rings. The number of hydrogen-bond donors (Lipinski definition) is 2. The van der Waals surface area contributed by atoms with E-state index >= 15 is 0 Å². The number of nitrogens with one attached hydrogen (secondary N) is 2. The average molecular weight is 236 g/mol. The van der Waals surface area contributed by atoms with Crippen LogP contribution < -0.4 is 5.32 Å². The molecule has 4 rings (SSSR count). The summed E-state index contributed by atoms with van der Waals surface area (Å²) in [6.45, 7) is 1.03. The van der Waals surface area contributed by atoms with Gasteiger partial charge in [-0.1, -0.05) is 12.1 Å². The van der Waals surface area contributed by atoms with Crippen LogP contribution in [0.5, 0.6) is 0 Å². The summed E-state index contributed by atoms with van der Waals surface area (Å²) in [5.41, 5.74) is 5.54. The summed E-state index contributed by atoms with van der Waals surface area (Å²) in [4.78, 5) is 4.27. The predicted octanol–water partition coefficient (Wildman–Crippen LogP) is 2.59. The van der Waals surface area contributed by atoms with Gasteiger partial charge in [0.1, 0.15) is 5.69 Å². The van der Waals surface area contributed by atoms with Crippen LogP contribution >= 0.6 is 0 Å². The van der Waals surface area contributed by atoms with Crippen molar-refractivity contribution in [3.63, 3.8) is 0 Å². The lowest BCUT2D eigenvalue weighted by Gasteiger charge is -2.03. The Bertz CT molecular complexity index is 729. The minimum absolute atomic E-state index is 0.834. The van der Waals surface area contributed by atoms with E-state index in [4.69, 9.17) is 0 Å². The first kappa shape index (κ1) is 9.65. The summed E-state index contributed by atoms with van der Waals surface area (Å²) in [6.07, 6.45) is 2.88. The number of aromatic amines is 1. The van der Waals surface area contributed by atoms with Crippen molar-refractivity contribution in [2.24, 2.45) is 0 Å². The highest BCUT2D eigenvalue weighted by atomic mass is 15.1. The fourth-order valence-corrected chi connectivity index (χ4v) is 2.51. The molecule has 0 saturated carbocycles. The monoisotopic (exact) mass is 236 g/mol. The molecule has 0 saturated heterocycles. The Labute approximate surface area is 104 Å². The van der Waals surface area contributed by atoms with Crippen LogP contribution in [0.1, 0.15) is 5.56 Å². The van der Waals surface area contributed by atoms with Crippen LogP contribution in [0.15, 0.2) is 36.5 Å². The van der Waals surface area contributed by atoms with Crippen molar-refractivity contribution in [1.82, 2.24) is 15.2 Å². The molecular weight excluding hydrogens is 224 g/mol. The van der Waals surface area contributed by atoms with E-state index in [1.807, 2.05) is 12.1 Å². The Hall–Kier alpha value is -2.36. The van der Waals surface area contributed by atoms with Crippen LogP contribution in [0.4, 0.5) is 5.69 Å². The maximum Gasteiger partial charge on any atom is 0.155 e. The van der Waals surface area contributed by atoms with Gasteiger partial charge < -0.3 is 5.32 Å². The lowest BCUT2D eigenvalue weighted by Crippen LogP contribution is -1.91. The first-order chi connectivity index (χ1) is 8.92. The standard InChI is InChI=1S/C14H12N4/c1-2-11-13(17-18-14(11)16-6-1)10-4-3-9-5-7-15-12(9)8-10/h1-4,6,8,15H,5,7H2,(H,16,17,18). The Morgan fingerprint density at radius 2 is 2.17 bits per heavy atom. The zero-order valence-electron chi connectivity index (χ0n) is 9.77. The van der Waals surface area contributed by atoms with Gasteiger partial charge in [0.25, 0.3) is 0 Å². The second-order valence-corrected chi connectivity index (χ2v) is 4.52. The second-order valence-electron chi connectivity index (χ2n) is 4.52. The third kappa shape index (κ3) is 1.32. The molecule has 2 aromatic heterocycles. The van der Waals surface area contributed by atoms with Gasteiger partial charge in [-0.2, -0.15) is 5.10 Å². The average Bonchev–Trinajstić information content (AvgIpc) is 3.04. The van der Waals surface area contributed by atoms with E-state index in [0.717, 1.165) is 35.3 Å². The zero-order valence-corrected chi connectivity index (χ0v) is 9.77. The fourth-order valence-electron chi connectivity index (χ4n) is 2.51. The number of benzene rings is 1. The van der Waals surface area contributed by atoms with E-state index in [9.17, 15) is 0 Å². The molecule has 3 heterocycles. The molecule has 2 N–H and O–H groups in total. The number of aromatic nitrogens is 3. The summed E-state index contributed by atoms with van der Waals surface area (Å²) in [7, 11) is 0. The Kier molecular flexibility index (Phi) is 1.91. The van der Waals surface area contributed by atoms with Crippen LogP contribution in [0.3, 0.4) is 0 Å². The van der Waals surface area contributed by atoms with E-state index in [1.54, 1.807) is 6.20 Å². The topological polar surface area (TPSA) is 53.6 Å². The van der Waals surface area contributed by atoms with E-state index in [2.05, 4.69) is 38.7 Å². The number of hydrogen-bond acceptors (Lipinski definition) is 3. The molecule has 4 nitrogen and oxygen atoms in total. The summed E-state index contributed by atoms with van der Waals surface area (Å²) in [6, 6.07) is 10.5. The molecule has 0 radical (unpaired) electrons. The molecule has 1 aromatic carbocycles. The SMILES string of the molecule is c1cnc2[nH]nc(-c3ccc4c(c3)NCC4)c2c1. The number of anilines is 1. The minimum atomic E-state index is 0.834. The van der Waals surface area contributed by atoms with Crippen LogP contribution in [-0.4, -0.2) is 21.7 Å². The molecule has 0 bridgehead atoms. The number of rotatable bonds is 1. The van der Waals surface area contributed by atoms with Gasteiger partial charge in [-0.15, -0.1) is 0 Å². The highest BCUT2D eigenvalue weighted by Gasteiger charge is 2.13. The van der Waals surface area contributed by atoms with Gasteiger partial charge in [-0.25, -0.2) is 4.98 Å². The van der Waals surface area contributed by atoms with Gasteiger partial charge >= 0.3 is 0 Å². The van der Waals surface area contributed by atoms with Gasteiger partial charge in [-0.05, 0) is 30.2 Å². The molecule has 1 aliphatic rings. The highest BCUT2D eigenvalue weighted by molar-refractivity contribution is 5.91. The normalized spacial score (nSPS) is 13.6. The van der Waals surface area contributed by atoms with Gasteiger partial charge in [0.15, 0.2) is 5.65 Å². The van der Waals surface area contributed by atoms with Gasteiger partial charge in [-0.3, -0.25) is 5.10 Å². The molecule has 88 valence electrons. The van der Waals surface area contributed by atoms with Gasteiger partial charge in [0.2, 0.25) is 0 Å². The quantitative estimate of drug-likeness (QED) is 0.682. The smallest absolute Gasteiger partial charge is 0.155 e. The molecule has 18 heavy (non-hydrogen) atoms. The number of H-pyrrole nitrogens is 1. The number of fused-ring (bicyclic) bond motifs is 2. The lowest BCUT2D eigenvalue weighted by molar-refractivity contribution is 1.10. The van der Waals surface area contributed by atoms with Crippen molar-refractivity contribution in [1.29, 1.82) is 0 Å². The maximum atomic E-state index is 4.38. The molecular formula is C14H12N4. The Morgan fingerprint density at radius 1 is 1.17 bits per heavy atom.